The summed E-state index contributed by atoms with van der Waals surface area (Å²) in [6.07, 6.45) is 4.25. The van der Waals surface area contributed by atoms with Crippen LogP contribution in [0.4, 0.5) is 0 Å². The molecule has 2 N–H and O–H groups in total. The highest BCUT2D eigenvalue weighted by molar-refractivity contribution is 5.92. The van der Waals surface area contributed by atoms with Gasteiger partial charge >= 0.3 is 0 Å². The quantitative estimate of drug-likeness (QED) is 0.739. The van der Waals surface area contributed by atoms with Crippen molar-refractivity contribution in [3.8, 4) is 0 Å². The number of hydrogen-bond donors (Lipinski definition) is 1. The molecule has 1 aliphatic heterocycles. The summed E-state index contributed by atoms with van der Waals surface area (Å²) in [7, 11) is 0. The molecule has 2 unspecified atom stereocenters. The number of aromatic nitrogens is 2. The van der Waals surface area contributed by atoms with E-state index < -0.39 is 5.91 Å². The van der Waals surface area contributed by atoms with Gasteiger partial charge in [-0.15, -0.1) is 0 Å². The highest BCUT2D eigenvalue weighted by atomic mass is 16.5. The molecule has 1 saturated heterocycles. The number of ether oxygens (including phenoxy) is 1. The molecule has 0 spiro atoms. The molecule has 1 amide bonds. The maximum atomic E-state index is 10.8. The highest BCUT2D eigenvalue weighted by Gasteiger charge is 2.26. The van der Waals surface area contributed by atoms with Crippen molar-refractivity contribution in [3.05, 3.63) is 18.0 Å². The minimum Gasteiger partial charge on any atom is -0.376 e. The van der Waals surface area contributed by atoms with E-state index >= 15 is 0 Å². The lowest BCUT2D eigenvalue weighted by atomic mass is 10.2. The molecular formula is C9H13N3O2. The van der Waals surface area contributed by atoms with Gasteiger partial charge in [0.2, 0.25) is 0 Å². The van der Waals surface area contributed by atoms with Crippen LogP contribution in [0.15, 0.2) is 12.4 Å². The van der Waals surface area contributed by atoms with Crippen LogP contribution in [0.5, 0.6) is 0 Å². The Labute approximate surface area is 81.8 Å². The number of nitrogens with zero attached hydrogens (tertiary/aromatic N) is 2. The van der Waals surface area contributed by atoms with Crippen molar-refractivity contribution in [2.75, 3.05) is 6.61 Å². The van der Waals surface area contributed by atoms with Crippen LogP contribution in [0.1, 0.15) is 29.7 Å². The number of nitrogens with two attached hydrogens (primary N) is 1. The third-order valence-corrected chi connectivity index (χ3v) is 2.56. The number of primary amides is 1. The summed E-state index contributed by atoms with van der Waals surface area (Å²) < 4.78 is 7.17. The topological polar surface area (TPSA) is 70.1 Å². The van der Waals surface area contributed by atoms with Gasteiger partial charge in [0.05, 0.1) is 23.9 Å². The van der Waals surface area contributed by atoms with Crippen molar-refractivity contribution < 1.29 is 9.53 Å². The van der Waals surface area contributed by atoms with Gasteiger partial charge in [0.15, 0.2) is 0 Å². The second-order valence-electron chi connectivity index (χ2n) is 3.51. The van der Waals surface area contributed by atoms with Crippen LogP contribution < -0.4 is 5.73 Å². The molecule has 2 atom stereocenters. The van der Waals surface area contributed by atoms with Crippen LogP contribution in [0, 0.1) is 0 Å². The monoisotopic (exact) mass is 195 g/mol. The van der Waals surface area contributed by atoms with Gasteiger partial charge in [0, 0.05) is 12.8 Å². The predicted molar refractivity (Wildman–Crippen MR) is 49.8 cm³/mol. The van der Waals surface area contributed by atoms with Crippen molar-refractivity contribution >= 4 is 5.91 Å². The number of carbonyl (C=O) groups excluding carboxylic acids is 1. The van der Waals surface area contributed by atoms with E-state index in [2.05, 4.69) is 5.10 Å². The predicted octanol–water partition coefficient (Wildman–Crippen LogP) is 0.332. The van der Waals surface area contributed by atoms with E-state index in [0.717, 1.165) is 13.0 Å². The fourth-order valence-electron chi connectivity index (χ4n) is 1.71. The first-order chi connectivity index (χ1) is 6.68. The van der Waals surface area contributed by atoms with Gasteiger partial charge < -0.3 is 10.5 Å². The normalized spacial score (nSPS) is 26.6. The second kappa shape index (κ2) is 3.42. The maximum Gasteiger partial charge on any atom is 0.251 e. The summed E-state index contributed by atoms with van der Waals surface area (Å²) in [5.74, 6) is -0.442. The van der Waals surface area contributed by atoms with E-state index in [1.807, 2.05) is 6.92 Å². The standard InChI is InChI=1S/C9H13N3O2/c1-6-8(2-3-14-6)12-5-7(4-11-12)9(10)13/h4-6,8H,2-3H2,1H3,(H2,10,13). The van der Waals surface area contributed by atoms with Gasteiger partial charge in [-0.25, -0.2) is 0 Å². The third kappa shape index (κ3) is 1.50. The molecule has 0 radical (unpaired) electrons. The molecular weight excluding hydrogens is 182 g/mol. The van der Waals surface area contributed by atoms with Crippen LogP contribution in [-0.2, 0) is 4.74 Å². The molecule has 2 heterocycles. The molecule has 1 aromatic heterocycles. The summed E-state index contributed by atoms with van der Waals surface area (Å²) in [5.41, 5.74) is 5.59. The molecule has 0 bridgehead atoms. The number of hydrogen-bond acceptors (Lipinski definition) is 3. The molecule has 0 saturated carbocycles. The Balaban J connectivity index is 2.20. The van der Waals surface area contributed by atoms with Gasteiger partial charge in [-0.05, 0) is 13.3 Å². The molecule has 5 nitrogen and oxygen atoms in total. The Kier molecular flexibility index (Phi) is 2.25. The van der Waals surface area contributed by atoms with Crippen molar-refractivity contribution in [1.82, 2.24) is 9.78 Å². The van der Waals surface area contributed by atoms with Crippen LogP contribution in [0.3, 0.4) is 0 Å². The zero-order chi connectivity index (χ0) is 10.1. The molecule has 5 heteroatoms. The summed E-state index contributed by atoms with van der Waals surface area (Å²) in [6.45, 7) is 2.75. The van der Waals surface area contributed by atoms with Crippen LogP contribution in [-0.4, -0.2) is 28.4 Å². The molecule has 1 fully saturated rings. The smallest absolute Gasteiger partial charge is 0.251 e. The van der Waals surface area contributed by atoms with E-state index in [1.165, 1.54) is 6.20 Å². The van der Waals surface area contributed by atoms with Crippen LogP contribution in [0.25, 0.3) is 0 Å². The Bertz CT molecular complexity index is 348. The average molecular weight is 195 g/mol. The summed E-state index contributed by atoms with van der Waals surface area (Å²) >= 11 is 0. The molecule has 0 aliphatic carbocycles. The Morgan fingerprint density at radius 3 is 3.07 bits per heavy atom. The largest absolute Gasteiger partial charge is 0.376 e. The maximum absolute atomic E-state index is 10.8. The van der Waals surface area contributed by atoms with Crippen LogP contribution in [0.2, 0.25) is 0 Å². The van der Waals surface area contributed by atoms with E-state index in [-0.39, 0.29) is 12.1 Å². The van der Waals surface area contributed by atoms with E-state index in [4.69, 9.17) is 10.5 Å². The van der Waals surface area contributed by atoms with Crippen molar-refractivity contribution in [3.63, 3.8) is 0 Å². The van der Waals surface area contributed by atoms with Gasteiger partial charge in [0.1, 0.15) is 0 Å². The fourth-order valence-corrected chi connectivity index (χ4v) is 1.71. The summed E-state index contributed by atoms with van der Waals surface area (Å²) in [4.78, 5) is 10.8. The fraction of sp³-hybridized carbons (Fsp3) is 0.556. The molecule has 76 valence electrons. The molecule has 2 rings (SSSR count). The summed E-state index contributed by atoms with van der Waals surface area (Å²) in [6, 6.07) is 0.225. The highest BCUT2D eigenvalue weighted by Crippen LogP contribution is 2.24. The molecule has 14 heavy (non-hydrogen) atoms. The minimum atomic E-state index is -0.442. The number of rotatable bonds is 2. The second-order valence-corrected chi connectivity index (χ2v) is 3.51. The van der Waals surface area contributed by atoms with E-state index in [0.29, 0.717) is 5.56 Å². The Hall–Kier alpha value is -1.36. The van der Waals surface area contributed by atoms with Crippen molar-refractivity contribution in [2.24, 2.45) is 5.73 Å². The lowest BCUT2D eigenvalue weighted by Gasteiger charge is -2.13. The molecule has 1 aromatic rings. The van der Waals surface area contributed by atoms with Gasteiger partial charge in [-0.3, -0.25) is 9.48 Å². The number of carbonyl (C=O) groups is 1. The number of amides is 1. The van der Waals surface area contributed by atoms with Crippen LogP contribution >= 0.6 is 0 Å². The SMILES string of the molecule is CC1OCCC1n1cc(C(N)=O)cn1. The lowest BCUT2D eigenvalue weighted by molar-refractivity contribution is 0.0997. The Morgan fingerprint density at radius 2 is 2.57 bits per heavy atom. The van der Waals surface area contributed by atoms with Gasteiger partial charge in [0.25, 0.3) is 5.91 Å². The van der Waals surface area contributed by atoms with Crippen molar-refractivity contribution in [2.45, 2.75) is 25.5 Å². The van der Waals surface area contributed by atoms with Gasteiger partial charge in [-0.1, -0.05) is 0 Å². The van der Waals surface area contributed by atoms with E-state index in [1.54, 1.807) is 10.9 Å². The summed E-state index contributed by atoms with van der Waals surface area (Å²) in [5, 5.41) is 4.11. The average Bonchev–Trinajstić information content (AvgIpc) is 2.71. The first-order valence-corrected chi connectivity index (χ1v) is 4.64. The third-order valence-electron chi connectivity index (χ3n) is 2.56. The first-order valence-electron chi connectivity index (χ1n) is 4.64. The first kappa shape index (κ1) is 9.21. The zero-order valence-electron chi connectivity index (χ0n) is 8.01. The van der Waals surface area contributed by atoms with Crippen molar-refractivity contribution in [1.29, 1.82) is 0 Å². The zero-order valence-corrected chi connectivity index (χ0v) is 8.01. The minimum absolute atomic E-state index is 0.149. The Morgan fingerprint density at radius 1 is 1.79 bits per heavy atom. The molecule has 0 aromatic carbocycles. The van der Waals surface area contributed by atoms with E-state index in [9.17, 15) is 4.79 Å². The van der Waals surface area contributed by atoms with Gasteiger partial charge in [-0.2, -0.15) is 5.10 Å². The lowest BCUT2D eigenvalue weighted by Crippen LogP contribution is -2.17. The molecule has 1 aliphatic rings.